The third-order valence-corrected chi connectivity index (χ3v) is 14.0. The van der Waals surface area contributed by atoms with Crippen LogP contribution < -0.4 is 4.90 Å². The number of anilines is 3. The van der Waals surface area contributed by atoms with Crippen molar-refractivity contribution in [3.63, 3.8) is 0 Å². The van der Waals surface area contributed by atoms with Gasteiger partial charge in [-0.05, 0) is 104 Å². The molecule has 0 aliphatic heterocycles. The Morgan fingerprint density at radius 2 is 0.881 bits per heavy atom. The molecule has 67 heavy (non-hydrogen) atoms. The van der Waals surface area contributed by atoms with Gasteiger partial charge < -0.3 is 9.47 Å². The molecule has 0 atom stereocenters. The molecular formula is C65H44N2. The number of aromatic nitrogens is 1. The fraction of sp³-hybridized carbons (Fsp3) is 0.0154. The Bertz CT molecular complexity index is 3750. The van der Waals surface area contributed by atoms with Crippen LogP contribution >= 0.6 is 0 Å². The Morgan fingerprint density at radius 1 is 0.328 bits per heavy atom. The maximum absolute atomic E-state index is 2.54. The highest BCUT2D eigenvalue weighted by molar-refractivity contribution is 6.11. The second kappa shape index (κ2) is 15.8. The highest BCUT2D eigenvalue weighted by atomic mass is 15.1. The molecule has 0 unspecified atom stereocenters. The van der Waals surface area contributed by atoms with Gasteiger partial charge in [0.2, 0.25) is 0 Å². The number of fused-ring (bicyclic) bond motifs is 7. The molecule has 0 spiro atoms. The van der Waals surface area contributed by atoms with Gasteiger partial charge in [0.1, 0.15) is 0 Å². The molecule has 2 nitrogen and oxygen atoms in total. The minimum atomic E-state index is -0.557. The second-order valence-corrected chi connectivity index (χ2v) is 17.6. The predicted molar refractivity (Wildman–Crippen MR) is 281 cm³/mol. The van der Waals surface area contributed by atoms with Crippen molar-refractivity contribution >= 4 is 49.6 Å². The highest BCUT2D eigenvalue weighted by Crippen LogP contribution is 2.58. The van der Waals surface area contributed by atoms with Crippen LogP contribution in [0.4, 0.5) is 17.1 Å². The fourth-order valence-corrected chi connectivity index (χ4v) is 11.2. The van der Waals surface area contributed by atoms with Crippen LogP contribution in [0.15, 0.2) is 267 Å². The van der Waals surface area contributed by atoms with Crippen molar-refractivity contribution < 1.29 is 0 Å². The van der Waals surface area contributed by atoms with Crippen molar-refractivity contribution in [3.05, 3.63) is 289 Å². The standard InChI is InChI=1S/C65H44N2/c1-4-19-45(20-5-1)46-37-40-52(41-38-46)66(60-35-17-22-47-21-10-11-29-54(47)60)53-28-16-23-48(43-53)49-39-42-57-56-31-13-15-34-61(56)67(63(57)44-49)62-36-18-32-58-55-30-12-14-33-59(55)65(64(58)62,50-24-6-2-7-25-50)51-26-8-3-9-27-51/h1-44H. The van der Waals surface area contributed by atoms with Crippen molar-refractivity contribution in [3.8, 4) is 39.1 Å². The molecule has 0 saturated carbocycles. The molecule has 0 N–H and O–H groups in total. The van der Waals surface area contributed by atoms with E-state index in [0.717, 1.165) is 28.2 Å². The monoisotopic (exact) mass is 852 g/mol. The van der Waals surface area contributed by atoms with Crippen molar-refractivity contribution in [2.45, 2.75) is 5.41 Å². The summed E-state index contributed by atoms with van der Waals surface area (Å²) in [5, 5.41) is 4.87. The number of rotatable bonds is 8. The summed E-state index contributed by atoms with van der Waals surface area (Å²) in [6.45, 7) is 0. The Kier molecular flexibility index (Phi) is 9.11. The zero-order valence-corrected chi connectivity index (χ0v) is 36.8. The van der Waals surface area contributed by atoms with Gasteiger partial charge in [0.25, 0.3) is 0 Å². The summed E-state index contributed by atoms with van der Waals surface area (Å²) in [5.41, 5.74) is 18.7. The van der Waals surface area contributed by atoms with Gasteiger partial charge in [-0.1, -0.05) is 218 Å². The summed E-state index contributed by atoms with van der Waals surface area (Å²) in [6.07, 6.45) is 0. The lowest BCUT2D eigenvalue weighted by Gasteiger charge is -2.35. The Balaban J connectivity index is 1.02. The number of nitrogens with zero attached hydrogens (tertiary/aromatic N) is 2. The number of hydrogen-bond donors (Lipinski definition) is 0. The van der Waals surface area contributed by atoms with Gasteiger partial charge in [-0.3, -0.25) is 0 Å². The lowest BCUT2D eigenvalue weighted by atomic mass is 9.67. The molecule has 0 radical (unpaired) electrons. The smallest absolute Gasteiger partial charge is 0.0734 e. The Labute approximate surface area is 390 Å². The molecule has 0 fully saturated rings. The first kappa shape index (κ1) is 38.7. The summed E-state index contributed by atoms with van der Waals surface area (Å²) in [6, 6.07) is 98.1. The zero-order valence-electron chi connectivity index (χ0n) is 36.8. The molecule has 1 aliphatic rings. The largest absolute Gasteiger partial charge is 0.310 e. The lowest BCUT2D eigenvalue weighted by Crippen LogP contribution is -2.29. The van der Waals surface area contributed by atoms with Gasteiger partial charge in [-0.2, -0.15) is 0 Å². The first-order valence-electron chi connectivity index (χ1n) is 23.2. The minimum Gasteiger partial charge on any atom is -0.310 e. The highest BCUT2D eigenvalue weighted by Gasteiger charge is 2.48. The quantitative estimate of drug-likeness (QED) is 0.148. The molecule has 0 saturated heterocycles. The van der Waals surface area contributed by atoms with Gasteiger partial charge in [-0.25, -0.2) is 0 Å². The van der Waals surface area contributed by atoms with Crippen LogP contribution in [-0.2, 0) is 5.41 Å². The van der Waals surface area contributed by atoms with Gasteiger partial charge in [0.15, 0.2) is 0 Å². The van der Waals surface area contributed by atoms with E-state index in [2.05, 4.69) is 276 Å². The average molecular weight is 853 g/mol. The van der Waals surface area contributed by atoms with Gasteiger partial charge in [0.05, 0.1) is 27.8 Å². The molecule has 1 heterocycles. The molecule has 314 valence electrons. The average Bonchev–Trinajstić information content (AvgIpc) is 3.91. The third kappa shape index (κ3) is 6.11. The van der Waals surface area contributed by atoms with Crippen LogP contribution in [0.25, 0.3) is 71.6 Å². The van der Waals surface area contributed by atoms with E-state index in [1.807, 2.05) is 0 Å². The van der Waals surface area contributed by atoms with Crippen LogP contribution in [0.2, 0.25) is 0 Å². The first-order valence-corrected chi connectivity index (χ1v) is 23.2. The molecule has 13 rings (SSSR count). The normalized spacial score (nSPS) is 12.6. The predicted octanol–water partition coefficient (Wildman–Crippen LogP) is 17.1. The van der Waals surface area contributed by atoms with Crippen LogP contribution in [0, 0.1) is 0 Å². The van der Waals surface area contributed by atoms with E-state index in [9.17, 15) is 0 Å². The van der Waals surface area contributed by atoms with E-state index in [1.165, 1.54) is 82.8 Å². The Morgan fingerprint density at radius 3 is 1.67 bits per heavy atom. The van der Waals surface area contributed by atoms with E-state index in [-0.39, 0.29) is 0 Å². The summed E-state index contributed by atoms with van der Waals surface area (Å²) in [5.74, 6) is 0. The van der Waals surface area contributed by atoms with E-state index in [0.29, 0.717) is 0 Å². The molecule has 2 heteroatoms. The van der Waals surface area contributed by atoms with Crippen molar-refractivity contribution in [2.24, 2.45) is 0 Å². The molecule has 1 aliphatic carbocycles. The Hall–Kier alpha value is -8.72. The molecule has 12 aromatic rings. The zero-order chi connectivity index (χ0) is 44.3. The number of benzene rings is 11. The number of hydrogen-bond acceptors (Lipinski definition) is 1. The van der Waals surface area contributed by atoms with Crippen molar-refractivity contribution in [1.82, 2.24) is 4.57 Å². The number of para-hydroxylation sites is 1. The second-order valence-electron chi connectivity index (χ2n) is 17.6. The maximum Gasteiger partial charge on any atom is 0.0734 e. The van der Waals surface area contributed by atoms with Crippen LogP contribution in [-0.4, -0.2) is 4.57 Å². The maximum atomic E-state index is 2.54. The van der Waals surface area contributed by atoms with E-state index in [1.54, 1.807) is 0 Å². The first-order chi connectivity index (χ1) is 33.3. The van der Waals surface area contributed by atoms with Gasteiger partial charge >= 0.3 is 0 Å². The lowest BCUT2D eigenvalue weighted by molar-refractivity contribution is 0.762. The fourth-order valence-electron chi connectivity index (χ4n) is 11.2. The van der Waals surface area contributed by atoms with Crippen molar-refractivity contribution in [1.29, 1.82) is 0 Å². The summed E-state index contributed by atoms with van der Waals surface area (Å²) < 4.78 is 2.54. The van der Waals surface area contributed by atoms with Crippen LogP contribution in [0.1, 0.15) is 22.3 Å². The molecule has 0 bridgehead atoms. The van der Waals surface area contributed by atoms with Crippen molar-refractivity contribution in [2.75, 3.05) is 4.90 Å². The summed E-state index contributed by atoms with van der Waals surface area (Å²) >= 11 is 0. The van der Waals surface area contributed by atoms with Crippen LogP contribution in [0.3, 0.4) is 0 Å². The molecule has 1 aromatic heterocycles. The van der Waals surface area contributed by atoms with E-state index < -0.39 is 5.41 Å². The summed E-state index contributed by atoms with van der Waals surface area (Å²) in [4.78, 5) is 2.41. The van der Waals surface area contributed by atoms with Crippen LogP contribution in [0.5, 0.6) is 0 Å². The molecular weight excluding hydrogens is 809 g/mol. The van der Waals surface area contributed by atoms with E-state index in [4.69, 9.17) is 0 Å². The molecule has 0 amide bonds. The topological polar surface area (TPSA) is 8.17 Å². The molecule has 11 aromatic carbocycles. The van der Waals surface area contributed by atoms with E-state index >= 15 is 0 Å². The minimum absolute atomic E-state index is 0.557. The summed E-state index contributed by atoms with van der Waals surface area (Å²) in [7, 11) is 0. The van der Waals surface area contributed by atoms with Gasteiger partial charge in [-0.15, -0.1) is 0 Å². The third-order valence-electron chi connectivity index (χ3n) is 14.0. The SMILES string of the molecule is c1ccc(-c2ccc(N(c3cccc(-c4ccc5c6ccccc6n(-c6cccc7c6C(c6ccccc6)(c6ccccc6)c6ccccc6-7)c5c4)c3)c3cccc4ccccc34)cc2)cc1. The van der Waals surface area contributed by atoms with Gasteiger partial charge in [0, 0.05) is 33.1 Å².